The predicted molar refractivity (Wildman–Crippen MR) is 61.6 cm³/mol. The molecule has 0 aliphatic rings. The molecule has 6 heteroatoms. The van der Waals surface area contributed by atoms with Crippen molar-refractivity contribution in [2.75, 3.05) is 19.9 Å². The van der Waals surface area contributed by atoms with Gasteiger partial charge in [-0.3, -0.25) is 4.99 Å². The van der Waals surface area contributed by atoms with Crippen molar-refractivity contribution in [3.05, 3.63) is 0 Å². The number of nitrogens with one attached hydrogen (secondary N) is 1. The maximum absolute atomic E-state index is 5.28. The topological polar surface area (TPSA) is 33.6 Å². The monoisotopic (exact) mass is 226 g/mol. The van der Waals surface area contributed by atoms with Crippen LogP contribution in [0.25, 0.3) is 0 Å². The van der Waals surface area contributed by atoms with Gasteiger partial charge in [-0.15, -0.1) is 0 Å². The standard InChI is InChI=1S/C6H15N2OPS2/c1-4-5-12-10(11,9-3)8-6-7-2/h6H,4-5H2,1-3H3,(H,7,8,11). The minimum absolute atomic E-state index is 1.02. The lowest BCUT2D eigenvalue weighted by molar-refractivity contribution is 0.467. The highest BCUT2D eigenvalue weighted by Gasteiger charge is 2.13. The van der Waals surface area contributed by atoms with Crippen molar-refractivity contribution in [1.82, 2.24) is 5.09 Å². The van der Waals surface area contributed by atoms with E-state index in [1.165, 1.54) is 0 Å². The summed E-state index contributed by atoms with van der Waals surface area (Å²) in [4.78, 5) is 3.81. The zero-order chi connectivity index (χ0) is 9.45. The predicted octanol–water partition coefficient (Wildman–Crippen LogP) is 2.25. The number of rotatable bonds is 6. The van der Waals surface area contributed by atoms with E-state index in [-0.39, 0.29) is 0 Å². The number of hydrogen-bond acceptors (Lipinski definition) is 4. The Morgan fingerprint density at radius 1 is 1.75 bits per heavy atom. The second kappa shape index (κ2) is 6.89. The lowest BCUT2D eigenvalue weighted by Gasteiger charge is -2.17. The molecule has 0 aromatic rings. The largest absolute Gasteiger partial charge is 0.330 e. The summed E-state index contributed by atoms with van der Waals surface area (Å²) in [5.74, 6) is 1.02. The summed E-state index contributed by atoms with van der Waals surface area (Å²) in [6.45, 7) is 2.12. The van der Waals surface area contributed by atoms with Crippen molar-refractivity contribution in [2.45, 2.75) is 13.3 Å². The van der Waals surface area contributed by atoms with Gasteiger partial charge in [0.05, 0.1) is 6.34 Å². The van der Waals surface area contributed by atoms with Gasteiger partial charge in [0.25, 0.3) is 0 Å². The Balaban J connectivity index is 3.96. The second-order valence-electron chi connectivity index (χ2n) is 2.03. The van der Waals surface area contributed by atoms with E-state index in [9.17, 15) is 0 Å². The molecule has 0 aromatic heterocycles. The van der Waals surface area contributed by atoms with Crippen molar-refractivity contribution >= 4 is 35.1 Å². The van der Waals surface area contributed by atoms with E-state index in [0.29, 0.717) is 0 Å². The minimum atomic E-state index is -1.88. The summed E-state index contributed by atoms with van der Waals surface area (Å²) in [6, 6.07) is 0. The van der Waals surface area contributed by atoms with Crippen LogP contribution < -0.4 is 5.09 Å². The maximum Gasteiger partial charge on any atom is 0.210 e. The quantitative estimate of drug-likeness (QED) is 0.428. The molecule has 0 aliphatic carbocycles. The molecule has 0 saturated carbocycles. The van der Waals surface area contributed by atoms with Crippen molar-refractivity contribution in [1.29, 1.82) is 0 Å². The van der Waals surface area contributed by atoms with Crippen LogP contribution in [0.2, 0.25) is 0 Å². The van der Waals surface area contributed by atoms with Gasteiger partial charge in [0.15, 0.2) is 0 Å². The fourth-order valence-electron chi connectivity index (χ4n) is 0.483. The Labute approximate surface area is 83.3 Å². The average Bonchev–Trinajstić information content (AvgIpc) is 2.11. The van der Waals surface area contributed by atoms with Crippen LogP contribution in [0.4, 0.5) is 0 Å². The fourth-order valence-corrected chi connectivity index (χ4v) is 4.21. The second-order valence-corrected chi connectivity index (χ2v) is 8.87. The lowest BCUT2D eigenvalue weighted by Crippen LogP contribution is -2.06. The van der Waals surface area contributed by atoms with Crippen LogP contribution in [0.15, 0.2) is 4.99 Å². The highest BCUT2D eigenvalue weighted by Crippen LogP contribution is 2.55. The molecule has 0 aromatic carbocycles. The molecule has 0 rings (SSSR count). The summed E-state index contributed by atoms with van der Waals surface area (Å²) >= 11 is 6.95. The van der Waals surface area contributed by atoms with Crippen LogP contribution in [0.1, 0.15) is 13.3 Å². The van der Waals surface area contributed by atoms with E-state index in [1.54, 1.807) is 31.9 Å². The van der Waals surface area contributed by atoms with Gasteiger partial charge in [-0.1, -0.05) is 18.3 Å². The summed E-state index contributed by atoms with van der Waals surface area (Å²) in [6.07, 6.45) is 2.71. The van der Waals surface area contributed by atoms with Crippen LogP contribution in [-0.4, -0.2) is 26.2 Å². The Morgan fingerprint density at radius 2 is 2.42 bits per heavy atom. The molecule has 0 bridgehead atoms. The van der Waals surface area contributed by atoms with Crippen molar-refractivity contribution in [2.24, 2.45) is 4.99 Å². The summed E-state index contributed by atoms with van der Waals surface area (Å²) in [5, 5.41) is 3.01. The maximum atomic E-state index is 5.28. The molecule has 1 atom stereocenters. The van der Waals surface area contributed by atoms with Crippen molar-refractivity contribution < 1.29 is 4.52 Å². The zero-order valence-corrected chi connectivity index (χ0v) is 10.1. The molecular formula is C6H15N2OPS2. The van der Waals surface area contributed by atoms with E-state index in [1.807, 2.05) is 0 Å². The first-order chi connectivity index (χ1) is 5.68. The zero-order valence-electron chi connectivity index (χ0n) is 7.61. The van der Waals surface area contributed by atoms with Gasteiger partial charge in [-0.2, -0.15) is 0 Å². The van der Waals surface area contributed by atoms with Crippen LogP contribution in [0.5, 0.6) is 0 Å². The first-order valence-corrected chi connectivity index (χ1v) is 7.98. The van der Waals surface area contributed by atoms with Crippen molar-refractivity contribution in [3.63, 3.8) is 0 Å². The summed E-state index contributed by atoms with van der Waals surface area (Å²) in [7, 11) is 3.34. The average molecular weight is 226 g/mol. The number of hydrogen-bond donors (Lipinski definition) is 1. The van der Waals surface area contributed by atoms with Gasteiger partial charge < -0.3 is 9.61 Å². The molecule has 72 valence electrons. The van der Waals surface area contributed by atoms with Crippen LogP contribution in [0, 0.1) is 0 Å². The molecule has 3 nitrogen and oxygen atoms in total. The third-order valence-electron chi connectivity index (χ3n) is 1.05. The number of aliphatic imine (C=N–C) groups is 1. The Kier molecular flexibility index (Phi) is 7.14. The van der Waals surface area contributed by atoms with E-state index in [4.69, 9.17) is 16.3 Å². The molecule has 0 heterocycles. The van der Waals surface area contributed by atoms with Gasteiger partial charge >= 0.3 is 0 Å². The molecule has 1 unspecified atom stereocenters. The molecule has 0 aliphatic heterocycles. The van der Waals surface area contributed by atoms with Gasteiger partial charge in [-0.05, 0) is 18.2 Å². The van der Waals surface area contributed by atoms with Crippen LogP contribution in [-0.2, 0) is 16.3 Å². The van der Waals surface area contributed by atoms with Crippen LogP contribution in [0.3, 0.4) is 0 Å². The highest BCUT2D eigenvalue weighted by atomic mass is 32.9. The first kappa shape index (κ1) is 12.4. The fraction of sp³-hybridized carbons (Fsp3) is 0.833. The lowest BCUT2D eigenvalue weighted by atomic mass is 10.6. The van der Waals surface area contributed by atoms with Gasteiger partial charge in [0, 0.05) is 19.9 Å². The molecule has 0 saturated heterocycles. The van der Waals surface area contributed by atoms with Gasteiger partial charge in [-0.25, -0.2) is 0 Å². The molecular weight excluding hydrogens is 211 g/mol. The normalized spacial score (nSPS) is 16.2. The molecule has 12 heavy (non-hydrogen) atoms. The van der Waals surface area contributed by atoms with Gasteiger partial charge in [0.1, 0.15) is 0 Å². The van der Waals surface area contributed by atoms with E-state index in [0.717, 1.165) is 12.2 Å². The third-order valence-corrected chi connectivity index (χ3v) is 6.94. The molecule has 0 amide bonds. The minimum Gasteiger partial charge on any atom is -0.330 e. The first-order valence-electron chi connectivity index (χ1n) is 3.67. The van der Waals surface area contributed by atoms with Crippen LogP contribution >= 0.6 is 17.0 Å². The third kappa shape index (κ3) is 5.14. The Morgan fingerprint density at radius 3 is 2.83 bits per heavy atom. The molecule has 1 N–H and O–H groups in total. The smallest absolute Gasteiger partial charge is 0.210 e. The van der Waals surface area contributed by atoms with Gasteiger partial charge in [0.2, 0.25) is 5.62 Å². The molecule has 0 radical (unpaired) electrons. The molecule has 0 fully saturated rings. The van der Waals surface area contributed by atoms with E-state index >= 15 is 0 Å². The number of nitrogens with zero attached hydrogens (tertiary/aromatic N) is 1. The molecule has 0 spiro atoms. The van der Waals surface area contributed by atoms with E-state index in [2.05, 4.69) is 17.0 Å². The summed E-state index contributed by atoms with van der Waals surface area (Å²) < 4.78 is 5.23. The Hall–Kier alpha value is 0.430. The van der Waals surface area contributed by atoms with E-state index < -0.39 is 5.62 Å². The SMILES string of the molecule is CCCSP(=S)(NC=NC)OC. The summed E-state index contributed by atoms with van der Waals surface area (Å²) in [5.41, 5.74) is -1.88. The van der Waals surface area contributed by atoms with Crippen molar-refractivity contribution in [3.8, 4) is 0 Å². The Bertz CT molecular complexity index is 186. The highest BCUT2D eigenvalue weighted by molar-refractivity contribution is 8.68.